The lowest BCUT2D eigenvalue weighted by atomic mass is 10.1. The molecule has 5 rings (SSSR count). The molecule has 0 bridgehead atoms. The second kappa shape index (κ2) is 6.12. The number of hydrogen-bond acceptors (Lipinski definition) is 2. The number of fused-ring (bicyclic) bond motifs is 3. The maximum absolute atomic E-state index is 4.69. The van der Waals surface area contributed by atoms with Gasteiger partial charge in [-0.2, -0.15) is 0 Å². The van der Waals surface area contributed by atoms with E-state index in [0.29, 0.717) is 0 Å². The van der Waals surface area contributed by atoms with Crippen molar-refractivity contribution in [3.63, 3.8) is 0 Å². The van der Waals surface area contributed by atoms with Crippen LogP contribution in [0.5, 0.6) is 0 Å². The molecule has 0 aliphatic carbocycles. The molecule has 3 nitrogen and oxygen atoms in total. The Morgan fingerprint density at radius 3 is 2.31 bits per heavy atom. The topological polar surface area (TPSA) is 30.7 Å². The lowest BCUT2D eigenvalue weighted by Gasteiger charge is -2.10. The van der Waals surface area contributed by atoms with Crippen molar-refractivity contribution >= 4 is 21.8 Å². The third-order valence-electron chi connectivity index (χ3n) is 4.77. The number of aromatic nitrogens is 3. The molecule has 0 atom stereocenters. The van der Waals surface area contributed by atoms with E-state index in [1.807, 2.05) is 30.6 Å². The molecule has 2 aromatic carbocycles. The fourth-order valence-corrected chi connectivity index (χ4v) is 3.62. The van der Waals surface area contributed by atoms with Gasteiger partial charge in [0.05, 0.1) is 11.2 Å². The van der Waals surface area contributed by atoms with E-state index in [1.165, 1.54) is 21.9 Å². The smallest absolute Gasteiger partial charge is 0.113 e. The van der Waals surface area contributed by atoms with Gasteiger partial charge in [0.15, 0.2) is 0 Å². The van der Waals surface area contributed by atoms with Crippen LogP contribution in [0.2, 0.25) is 0 Å². The van der Waals surface area contributed by atoms with Crippen LogP contribution in [0.4, 0.5) is 0 Å². The van der Waals surface area contributed by atoms with Gasteiger partial charge in [0.1, 0.15) is 5.69 Å². The first-order chi connectivity index (χ1) is 12.9. The van der Waals surface area contributed by atoms with Gasteiger partial charge in [0, 0.05) is 35.2 Å². The molecule has 124 valence electrons. The Kier molecular flexibility index (Phi) is 3.49. The fourth-order valence-electron chi connectivity index (χ4n) is 3.62. The Bertz CT molecular complexity index is 1190. The number of benzene rings is 2. The molecule has 0 spiro atoms. The van der Waals surface area contributed by atoms with E-state index >= 15 is 0 Å². The molecule has 0 saturated heterocycles. The molecule has 3 aromatic heterocycles. The molecule has 0 aliphatic heterocycles. The van der Waals surface area contributed by atoms with Crippen LogP contribution < -0.4 is 0 Å². The van der Waals surface area contributed by atoms with Gasteiger partial charge in [-0.25, -0.2) is 0 Å². The number of hydrogen-bond donors (Lipinski definition) is 0. The monoisotopic (exact) mass is 335 g/mol. The van der Waals surface area contributed by atoms with Gasteiger partial charge in [0.2, 0.25) is 0 Å². The largest absolute Gasteiger partial charge is 0.334 e. The van der Waals surface area contributed by atoms with Crippen molar-refractivity contribution in [3.8, 4) is 11.4 Å². The fraction of sp³-hybridized carbons (Fsp3) is 0.0435. The van der Waals surface area contributed by atoms with Crippen LogP contribution in [0, 0.1) is 0 Å². The first-order valence-corrected chi connectivity index (χ1v) is 8.73. The zero-order valence-electron chi connectivity index (χ0n) is 14.2. The molecule has 0 N–H and O–H groups in total. The van der Waals surface area contributed by atoms with Gasteiger partial charge >= 0.3 is 0 Å². The highest BCUT2D eigenvalue weighted by molar-refractivity contribution is 6.11. The van der Waals surface area contributed by atoms with Gasteiger partial charge in [-0.05, 0) is 29.8 Å². The molecule has 0 amide bonds. The third-order valence-corrected chi connectivity index (χ3v) is 4.77. The summed E-state index contributed by atoms with van der Waals surface area (Å²) in [5, 5.41) is 2.46. The summed E-state index contributed by atoms with van der Waals surface area (Å²) in [5.41, 5.74) is 5.45. The molecule has 0 saturated carbocycles. The van der Waals surface area contributed by atoms with Crippen molar-refractivity contribution in [2.45, 2.75) is 6.54 Å². The lowest BCUT2D eigenvalue weighted by Crippen LogP contribution is -2.01. The highest BCUT2D eigenvalue weighted by atomic mass is 15.0. The number of pyridine rings is 2. The molecule has 0 fully saturated rings. The summed E-state index contributed by atoms with van der Waals surface area (Å²) in [6.45, 7) is 0.802. The summed E-state index contributed by atoms with van der Waals surface area (Å²) < 4.78 is 2.36. The van der Waals surface area contributed by atoms with Crippen molar-refractivity contribution in [3.05, 3.63) is 96.8 Å². The summed E-state index contributed by atoms with van der Waals surface area (Å²) in [5.74, 6) is 0. The molecular formula is C23H17N3. The van der Waals surface area contributed by atoms with Crippen LogP contribution in [-0.4, -0.2) is 14.5 Å². The van der Waals surface area contributed by atoms with Crippen LogP contribution in [0.25, 0.3) is 33.2 Å². The van der Waals surface area contributed by atoms with E-state index in [-0.39, 0.29) is 0 Å². The van der Waals surface area contributed by atoms with Gasteiger partial charge in [-0.3, -0.25) is 9.97 Å². The Morgan fingerprint density at radius 2 is 1.46 bits per heavy atom. The predicted molar refractivity (Wildman–Crippen MR) is 106 cm³/mol. The van der Waals surface area contributed by atoms with Crippen LogP contribution in [0.15, 0.2) is 91.3 Å². The maximum atomic E-state index is 4.69. The normalized spacial score (nSPS) is 11.2. The summed E-state index contributed by atoms with van der Waals surface area (Å²) in [7, 11) is 0. The van der Waals surface area contributed by atoms with E-state index in [2.05, 4.69) is 70.2 Å². The van der Waals surface area contributed by atoms with Crippen molar-refractivity contribution in [1.29, 1.82) is 0 Å². The van der Waals surface area contributed by atoms with Crippen molar-refractivity contribution in [2.75, 3.05) is 0 Å². The van der Waals surface area contributed by atoms with Gasteiger partial charge in [0.25, 0.3) is 0 Å². The van der Waals surface area contributed by atoms with Gasteiger partial charge in [-0.15, -0.1) is 0 Å². The van der Waals surface area contributed by atoms with Gasteiger partial charge in [-0.1, -0.05) is 54.6 Å². The predicted octanol–water partition coefficient (Wildman–Crippen LogP) is 5.30. The first-order valence-electron chi connectivity index (χ1n) is 8.73. The Hall–Kier alpha value is -3.46. The van der Waals surface area contributed by atoms with Gasteiger partial charge < -0.3 is 4.57 Å². The zero-order chi connectivity index (χ0) is 17.3. The minimum atomic E-state index is 0.802. The Balaban J connectivity index is 1.85. The Labute approximate surface area is 151 Å². The van der Waals surface area contributed by atoms with Crippen molar-refractivity contribution in [2.24, 2.45) is 0 Å². The SMILES string of the molecule is c1ccc(Cn2c3ccccc3c3ccnc(-c4ccccn4)c32)cc1. The summed E-state index contributed by atoms with van der Waals surface area (Å²) in [4.78, 5) is 9.23. The number of para-hydroxylation sites is 1. The summed E-state index contributed by atoms with van der Waals surface area (Å²) >= 11 is 0. The lowest BCUT2D eigenvalue weighted by molar-refractivity contribution is 0.867. The molecule has 5 aromatic rings. The minimum absolute atomic E-state index is 0.802. The maximum Gasteiger partial charge on any atom is 0.113 e. The summed E-state index contributed by atoms with van der Waals surface area (Å²) in [6, 6.07) is 27.2. The molecule has 3 heterocycles. The Morgan fingerprint density at radius 1 is 0.654 bits per heavy atom. The number of nitrogens with zero attached hydrogens (tertiary/aromatic N) is 3. The quantitative estimate of drug-likeness (QED) is 0.448. The molecular weight excluding hydrogens is 318 g/mol. The highest BCUT2D eigenvalue weighted by Crippen LogP contribution is 2.34. The van der Waals surface area contributed by atoms with Crippen LogP contribution in [0.3, 0.4) is 0 Å². The third kappa shape index (κ3) is 2.37. The van der Waals surface area contributed by atoms with E-state index in [1.54, 1.807) is 0 Å². The van der Waals surface area contributed by atoms with Crippen LogP contribution in [-0.2, 0) is 6.54 Å². The minimum Gasteiger partial charge on any atom is -0.334 e. The molecule has 0 radical (unpaired) electrons. The molecule has 26 heavy (non-hydrogen) atoms. The molecule has 0 aliphatic rings. The van der Waals surface area contributed by atoms with Crippen LogP contribution >= 0.6 is 0 Å². The van der Waals surface area contributed by atoms with E-state index in [4.69, 9.17) is 4.98 Å². The average molecular weight is 335 g/mol. The van der Waals surface area contributed by atoms with Crippen LogP contribution in [0.1, 0.15) is 5.56 Å². The van der Waals surface area contributed by atoms with E-state index in [9.17, 15) is 0 Å². The second-order valence-corrected chi connectivity index (χ2v) is 6.36. The van der Waals surface area contributed by atoms with E-state index < -0.39 is 0 Å². The zero-order valence-corrected chi connectivity index (χ0v) is 14.2. The van der Waals surface area contributed by atoms with Crippen molar-refractivity contribution in [1.82, 2.24) is 14.5 Å². The second-order valence-electron chi connectivity index (χ2n) is 6.36. The molecule has 0 unspecified atom stereocenters. The average Bonchev–Trinajstić information content (AvgIpc) is 3.04. The standard InChI is InChI=1S/C23H17N3/c1-2-8-17(9-3-1)16-26-21-12-5-4-10-18(21)19-13-15-25-22(23(19)26)20-11-6-7-14-24-20/h1-15H,16H2. The molecule has 3 heteroatoms. The van der Waals surface area contributed by atoms with E-state index in [0.717, 1.165) is 23.4 Å². The highest BCUT2D eigenvalue weighted by Gasteiger charge is 2.16. The van der Waals surface area contributed by atoms with Crippen molar-refractivity contribution < 1.29 is 0 Å². The number of rotatable bonds is 3. The summed E-state index contributed by atoms with van der Waals surface area (Å²) in [6.07, 6.45) is 3.70. The first kappa shape index (κ1) is 14.8.